The van der Waals surface area contributed by atoms with Gasteiger partial charge in [-0.25, -0.2) is 0 Å². The Bertz CT molecular complexity index is 1190. The number of Topliss-reactive ketones (excluding diaryl/α,β-unsaturated/α-hetero) is 1. The zero-order valence-electron chi connectivity index (χ0n) is 16.6. The minimum atomic E-state index is -0.510. The monoisotopic (exact) mass is 398 g/mol. The highest BCUT2D eigenvalue weighted by Gasteiger charge is 2.35. The molecule has 3 aromatic carbocycles. The molecule has 0 fully saturated rings. The van der Waals surface area contributed by atoms with E-state index < -0.39 is 6.04 Å². The lowest BCUT2D eigenvalue weighted by Crippen LogP contribution is -2.47. The topological polar surface area (TPSA) is 54.6 Å². The van der Waals surface area contributed by atoms with Gasteiger partial charge in [0.1, 0.15) is 12.6 Å². The Hall–Kier alpha value is -3.57. The lowest BCUT2D eigenvalue weighted by Gasteiger charge is -2.37. The van der Waals surface area contributed by atoms with Crippen LogP contribution in [0.4, 0.5) is 0 Å². The first-order chi connectivity index (χ1) is 14.7. The quantitative estimate of drug-likeness (QED) is 0.490. The van der Waals surface area contributed by atoms with Crippen LogP contribution in [0.25, 0.3) is 10.9 Å². The summed E-state index contributed by atoms with van der Waals surface area (Å²) in [5, 5.41) is 0.919. The standard InChI is InChI=1S/C25H22N2O3/c1-27(23-16-29-21-13-7-8-14-22(21)30-23)24(17-9-3-2-4-10-17)25(28)19-15-26-20-12-6-5-11-18(19)20/h2-15,23-24,26H,16H2,1H3. The van der Waals surface area contributed by atoms with E-state index in [9.17, 15) is 4.79 Å². The molecule has 1 aliphatic heterocycles. The van der Waals surface area contributed by atoms with Crippen LogP contribution in [0.5, 0.6) is 11.5 Å². The molecule has 4 aromatic rings. The average Bonchev–Trinajstić information content (AvgIpc) is 3.24. The number of aromatic nitrogens is 1. The summed E-state index contributed by atoms with van der Waals surface area (Å²) in [6.45, 7) is 0.345. The van der Waals surface area contributed by atoms with Crippen molar-refractivity contribution in [1.82, 2.24) is 9.88 Å². The molecule has 0 spiro atoms. The molecule has 0 saturated heterocycles. The summed E-state index contributed by atoms with van der Waals surface area (Å²) in [6, 6.07) is 24.7. The largest absolute Gasteiger partial charge is 0.484 e. The zero-order valence-corrected chi connectivity index (χ0v) is 16.6. The van der Waals surface area contributed by atoms with Crippen LogP contribution in [0.3, 0.4) is 0 Å². The number of para-hydroxylation sites is 3. The van der Waals surface area contributed by atoms with E-state index in [0.29, 0.717) is 17.9 Å². The van der Waals surface area contributed by atoms with Crippen molar-refractivity contribution in [2.75, 3.05) is 13.7 Å². The van der Waals surface area contributed by atoms with Gasteiger partial charge in [-0.05, 0) is 30.8 Å². The number of hydrogen-bond acceptors (Lipinski definition) is 4. The number of aromatic amines is 1. The second-order valence-electron chi connectivity index (χ2n) is 7.42. The van der Waals surface area contributed by atoms with Gasteiger partial charge in [-0.2, -0.15) is 0 Å². The van der Waals surface area contributed by atoms with Gasteiger partial charge in [0, 0.05) is 22.7 Å². The van der Waals surface area contributed by atoms with E-state index in [4.69, 9.17) is 9.47 Å². The van der Waals surface area contributed by atoms with Crippen molar-refractivity contribution in [3.05, 3.63) is 96.2 Å². The Morgan fingerprint density at radius 1 is 0.967 bits per heavy atom. The highest BCUT2D eigenvalue weighted by atomic mass is 16.6. The molecule has 5 nitrogen and oxygen atoms in total. The third-order valence-electron chi connectivity index (χ3n) is 5.57. The van der Waals surface area contributed by atoms with Gasteiger partial charge in [0.2, 0.25) is 0 Å². The minimum absolute atomic E-state index is 0.0172. The molecular formula is C25H22N2O3. The second-order valence-corrected chi connectivity index (χ2v) is 7.42. The van der Waals surface area contributed by atoms with Crippen molar-refractivity contribution in [1.29, 1.82) is 0 Å². The molecule has 1 aliphatic rings. The van der Waals surface area contributed by atoms with E-state index in [1.807, 2.05) is 90.8 Å². The summed E-state index contributed by atoms with van der Waals surface area (Å²) >= 11 is 0. The predicted molar refractivity (Wildman–Crippen MR) is 116 cm³/mol. The number of carbonyl (C=O) groups is 1. The minimum Gasteiger partial charge on any atom is -0.484 e. The number of hydrogen-bond donors (Lipinski definition) is 1. The van der Waals surface area contributed by atoms with Gasteiger partial charge in [-0.1, -0.05) is 60.7 Å². The van der Waals surface area contributed by atoms with Gasteiger partial charge in [0.05, 0.1) is 0 Å². The molecular weight excluding hydrogens is 376 g/mol. The van der Waals surface area contributed by atoms with E-state index in [-0.39, 0.29) is 12.0 Å². The van der Waals surface area contributed by atoms with Gasteiger partial charge in [-0.3, -0.25) is 9.69 Å². The zero-order chi connectivity index (χ0) is 20.5. The first kappa shape index (κ1) is 18.5. The maximum Gasteiger partial charge on any atom is 0.187 e. The lowest BCUT2D eigenvalue weighted by molar-refractivity contribution is -0.0319. The van der Waals surface area contributed by atoms with Crippen molar-refractivity contribution in [2.24, 2.45) is 0 Å². The van der Waals surface area contributed by atoms with E-state index in [2.05, 4.69) is 4.98 Å². The summed E-state index contributed by atoms with van der Waals surface area (Å²) in [6.07, 6.45) is 1.41. The average molecular weight is 398 g/mol. The normalized spacial score (nSPS) is 16.5. The number of ether oxygens (including phenoxy) is 2. The molecule has 1 N–H and O–H groups in total. The predicted octanol–water partition coefficient (Wildman–Crippen LogP) is 4.82. The molecule has 0 bridgehead atoms. The third-order valence-corrected chi connectivity index (χ3v) is 5.57. The molecule has 2 atom stereocenters. The Morgan fingerprint density at radius 2 is 1.67 bits per heavy atom. The van der Waals surface area contributed by atoms with Crippen LogP contribution in [0.2, 0.25) is 0 Å². The Labute approximate surface area is 174 Å². The number of H-pyrrole nitrogens is 1. The van der Waals surface area contributed by atoms with Crippen LogP contribution < -0.4 is 9.47 Å². The Morgan fingerprint density at radius 3 is 2.50 bits per heavy atom. The van der Waals surface area contributed by atoms with Crippen LogP contribution in [0, 0.1) is 0 Å². The number of nitrogens with zero attached hydrogens (tertiary/aromatic N) is 1. The van der Waals surface area contributed by atoms with Crippen LogP contribution in [0.15, 0.2) is 85.1 Å². The number of carbonyl (C=O) groups excluding carboxylic acids is 1. The molecule has 150 valence electrons. The number of likely N-dealkylation sites (N-methyl/N-ethyl adjacent to an activating group) is 1. The summed E-state index contributed by atoms with van der Waals surface area (Å²) < 4.78 is 12.1. The van der Waals surface area contributed by atoms with E-state index in [1.54, 1.807) is 6.20 Å². The second kappa shape index (κ2) is 7.69. The number of nitrogens with one attached hydrogen (secondary N) is 1. The highest BCUT2D eigenvalue weighted by molar-refractivity contribution is 6.10. The fourth-order valence-electron chi connectivity index (χ4n) is 4.00. The summed E-state index contributed by atoms with van der Waals surface area (Å²) in [5.74, 6) is 1.43. The highest BCUT2D eigenvalue weighted by Crippen LogP contribution is 2.35. The maximum atomic E-state index is 13.8. The van der Waals surface area contributed by atoms with Crippen molar-refractivity contribution in [3.63, 3.8) is 0 Å². The number of fused-ring (bicyclic) bond motifs is 2. The van der Waals surface area contributed by atoms with Crippen LogP contribution in [-0.2, 0) is 0 Å². The van der Waals surface area contributed by atoms with Crippen molar-refractivity contribution in [2.45, 2.75) is 12.3 Å². The molecule has 0 amide bonds. The maximum absolute atomic E-state index is 13.8. The number of rotatable bonds is 5. The van der Waals surface area contributed by atoms with Crippen molar-refractivity contribution in [3.8, 4) is 11.5 Å². The molecule has 2 unspecified atom stereocenters. The molecule has 0 aliphatic carbocycles. The Kier molecular flexibility index (Phi) is 4.73. The van der Waals surface area contributed by atoms with Gasteiger partial charge in [-0.15, -0.1) is 0 Å². The molecule has 0 radical (unpaired) electrons. The molecule has 1 aromatic heterocycles. The first-order valence-corrected chi connectivity index (χ1v) is 9.98. The Balaban J connectivity index is 1.52. The van der Waals surface area contributed by atoms with Crippen LogP contribution in [-0.4, -0.2) is 35.5 Å². The molecule has 30 heavy (non-hydrogen) atoms. The molecule has 5 heteroatoms. The van der Waals surface area contributed by atoms with Gasteiger partial charge in [0.15, 0.2) is 23.5 Å². The van der Waals surface area contributed by atoms with Crippen LogP contribution >= 0.6 is 0 Å². The number of ketones is 1. The number of benzene rings is 3. The van der Waals surface area contributed by atoms with Gasteiger partial charge in [0.25, 0.3) is 0 Å². The van der Waals surface area contributed by atoms with Crippen molar-refractivity contribution < 1.29 is 14.3 Å². The lowest BCUT2D eigenvalue weighted by atomic mass is 9.95. The summed E-state index contributed by atoms with van der Waals surface area (Å²) in [5.41, 5.74) is 2.53. The molecule has 2 heterocycles. The third kappa shape index (κ3) is 3.23. The molecule has 5 rings (SSSR count). The summed E-state index contributed by atoms with van der Waals surface area (Å²) in [4.78, 5) is 19.0. The van der Waals surface area contributed by atoms with Crippen LogP contribution in [0.1, 0.15) is 22.0 Å². The van der Waals surface area contributed by atoms with E-state index in [1.165, 1.54) is 0 Å². The first-order valence-electron chi connectivity index (χ1n) is 9.98. The smallest absolute Gasteiger partial charge is 0.187 e. The van der Waals surface area contributed by atoms with E-state index in [0.717, 1.165) is 22.2 Å². The van der Waals surface area contributed by atoms with E-state index >= 15 is 0 Å². The fourth-order valence-corrected chi connectivity index (χ4v) is 4.00. The summed E-state index contributed by atoms with van der Waals surface area (Å²) in [7, 11) is 1.91. The van der Waals surface area contributed by atoms with Crippen molar-refractivity contribution >= 4 is 16.7 Å². The molecule has 0 saturated carbocycles. The fraction of sp³-hybridized carbons (Fsp3) is 0.160. The SMILES string of the molecule is CN(C1COc2ccccc2O1)C(C(=O)c1c[nH]c2ccccc12)c1ccccc1. The van der Waals surface area contributed by atoms with Gasteiger partial charge >= 0.3 is 0 Å². The van der Waals surface area contributed by atoms with Gasteiger partial charge < -0.3 is 14.5 Å².